The molecule has 1 aliphatic heterocycles. The monoisotopic (exact) mass is 341 g/mol. The lowest BCUT2D eigenvalue weighted by atomic mass is 10.1. The second-order valence-electron chi connectivity index (χ2n) is 5.27. The summed E-state index contributed by atoms with van der Waals surface area (Å²) >= 11 is 3.53. The molecule has 1 aliphatic rings. The van der Waals surface area contributed by atoms with E-state index in [0.717, 1.165) is 43.7 Å². The predicted octanol–water partition coefficient (Wildman–Crippen LogP) is 3.64. The van der Waals surface area contributed by atoms with Gasteiger partial charge in [-0.2, -0.15) is 0 Å². The van der Waals surface area contributed by atoms with E-state index in [4.69, 9.17) is 9.47 Å². The van der Waals surface area contributed by atoms with E-state index < -0.39 is 0 Å². The van der Waals surface area contributed by atoms with Crippen LogP contribution in [0.1, 0.15) is 30.9 Å². The van der Waals surface area contributed by atoms with Crippen LogP contribution in [0.5, 0.6) is 0 Å². The highest BCUT2D eigenvalue weighted by atomic mass is 79.9. The third-order valence-electron chi connectivity index (χ3n) is 3.69. The summed E-state index contributed by atoms with van der Waals surface area (Å²) in [5.41, 5.74) is 1.27. The Kier molecular flexibility index (Phi) is 7.00. The van der Waals surface area contributed by atoms with E-state index in [0.29, 0.717) is 0 Å². The Hall–Kier alpha value is -0.420. The van der Waals surface area contributed by atoms with Gasteiger partial charge in [0.15, 0.2) is 0 Å². The van der Waals surface area contributed by atoms with Crippen molar-refractivity contribution in [2.45, 2.75) is 25.4 Å². The Balaban J connectivity index is 1.77. The van der Waals surface area contributed by atoms with Crippen LogP contribution in [0.25, 0.3) is 0 Å². The minimum Gasteiger partial charge on any atom is -0.385 e. The van der Waals surface area contributed by atoms with Gasteiger partial charge >= 0.3 is 0 Å². The second kappa shape index (κ2) is 8.78. The van der Waals surface area contributed by atoms with Gasteiger partial charge in [-0.15, -0.1) is 0 Å². The Labute approximate surface area is 130 Å². The lowest BCUT2D eigenvalue weighted by Gasteiger charge is -2.33. The van der Waals surface area contributed by atoms with E-state index >= 15 is 0 Å². The molecule has 1 saturated heterocycles. The summed E-state index contributed by atoms with van der Waals surface area (Å²) < 4.78 is 12.1. The molecular formula is C16H24BrNO2. The lowest BCUT2D eigenvalue weighted by molar-refractivity contribution is -0.0304. The number of hydrogen-bond acceptors (Lipinski definition) is 3. The summed E-state index contributed by atoms with van der Waals surface area (Å²) in [6.07, 6.45) is 3.86. The van der Waals surface area contributed by atoms with Crippen molar-refractivity contribution in [3.63, 3.8) is 0 Å². The van der Waals surface area contributed by atoms with E-state index in [-0.39, 0.29) is 6.10 Å². The highest BCUT2D eigenvalue weighted by molar-refractivity contribution is 9.10. The molecule has 3 nitrogen and oxygen atoms in total. The Morgan fingerprint density at radius 1 is 1.35 bits per heavy atom. The molecule has 4 heteroatoms. The fraction of sp³-hybridized carbons (Fsp3) is 0.625. The molecule has 0 aliphatic carbocycles. The van der Waals surface area contributed by atoms with Gasteiger partial charge < -0.3 is 9.47 Å². The molecule has 1 unspecified atom stereocenters. The number of nitrogens with zero attached hydrogens (tertiary/aromatic N) is 1. The molecule has 1 fully saturated rings. The van der Waals surface area contributed by atoms with Crippen LogP contribution in [0.2, 0.25) is 0 Å². The first-order chi connectivity index (χ1) is 9.79. The first-order valence-corrected chi connectivity index (χ1v) is 8.17. The van der Waals surface area contributed by atoms with Gasteiger partial charge in [0.05, 0.1) is 12.7 Å². The zero-order valence-corrected chi connectivity index (χ0v) is 13.8. The van der Waals surface area contributed by atoms with E-state index in [1.165, 1.54) is 18.4 Å². The van der Waals surface area contributed by atoms with E-state index in [9.17, 15) is 0 Å². The maximum atomic E-state index is 5.91. The number of halogens is 1. The molecule has 0 saturated carbocycles. The van der Waals surface area contributed by atoms with Crippen molar-refractivity contribution in [2.75, 3.05) is 40.0 Å². The van der Waals surface area contributed by atoms with Crippen LogP contribution in [-0.4, -0.2) is 44.9 Å². The molecule has 1 aromatic rings. The number of morpholine rings is 1. The van der Waals surface area contributed by atoms with Crippen molar-refractivity contribution in [1.82, 2.24) is 4.90 Å². The van der Waals surface area contributed by atoms with Crippen molar-refractivity contribution in [3.05, 3.63) is 34.3 Å². The zero-order valence-electron chi connectivity index (χ0n) is 12.2. The molecule has 2 rings (SSSR count). The number of benzene rings is 1. The summed E-state index contributed by atoms with van der Waals surface area (Å²) in [6, 6.07) is 8.44. The van der Waals surface area contributed by atoms with E-state index in [1.54, 1.807) is 7.11 Å². The van der Waals surface area contributed by atoms with Crippen molar-refractivity contribution in [2.24, 2.45) is 0 Å². The van der Waals surface area contributed by atoms with Crippen LogP contribution in [0.4, 0.5) is 0 Å². The van der Waals surface area contributed by atoms with Gasteiger partial charge in [-0.1, -0.05) is 28.1 Å². The molecule has 1 aromatic carbocycles. The van der Waals surface area contributed by atoms with Crippen LogP contribution >= 0.6 is 15.9 Å². The zero-order chi connectivity index (χ0) is 14.2. The molecule has 112 valence electrons. The number of ether oxygens (including phenoxy) is 2. The maximum Gasteiger partial charge on any atom is 0.0952 e. The van der Waals surface area contributed by atoms with Gasteiger partial charge in [0, 0.05) is 31.3 Å². The molecular weight excluding hydrogens is 318 g/mol. The van der Waals surface area contributed by atoms with Crippen molar-refractivity contribution in [1.29, 1.82) is 0 Å². The van der Waals surface area contributed by atoms with Gasteiger partial charge in [0.25, 0.3) is 0 Å². The third kappa shape index (κ3) is 5.17. The minimum atomic E-state index is 0.209. The first-order valence-electron chi connectivity index (χ1n) is 7.38. The van der Waals surface area contributed by atoms with Crippen LogP contribution in [-0.2, 0) is 9.47 Å². The molecule has 0 aromatic heterocycles. The number of rotatable bonds is 7. The van der Waals surface area contributed by atoms with Gasteiger partial charge in [0.1, 0.15) is 0 Å². The summed E-state index contributed by atoms with van der Waals surface area (Å²) in [5.74, 6) is 0. The van der Waals surface area contributed by atoms with Gasteiger partial charge in [-0.3, -0.25) is 4.90 Å². The molecule has 0 radical (unpaired) electrons. The molecule has 0 spiro atoms. The Morgan fingerprint density at radius 3 is 3.05 bits per heavy atom. The molecule has 0 N–H and O–H groups in total. The quantitative estimate of drug-likeness (QED) is 0.706. The summed E-state index contributed by atoms with van der Waals surface area (Å²) in [6.45, 7) is 4.92. The average Bonchev–Trinajstić information content (AvgIpc) is 2.47. The van der Waals surface area contributed by atoms with Crippen LogP contribution < -0.4 is 0 Å². The van der Waals surface area contributed by atoms with Crippen LogP contribution in [0.15, 0.2) is 28.7 Å². The van der Waals surface area contributed by atoms with Gasteiger partial charge in [0.2, 0.25) is 0 Å². The van der Waals surface area contributed by atoms with Crippen molar-refractivity contribution in [3.8, 4) is 0 Å². The number of hydrogen-bond donors (Lipinski definition) is 0. The Morgan fingerprint density at radius 2 is 2.25 bits per heavy atom. The number of methoxy groups -OCH3 is 1. The fourth-order valence-corrected chi connectivity index (χ4v) is 2.99. The topological polar surface area (TPSA) is 21.7 Å². The second-order valence-corrected chi connectivity index (χ2v) is 6.18. The average molecular weight is 342 g/mol. The third-order valence-corrected chi connectivity index (χ3v) is 4.19. The lowest BCUT2D eigenvalue weighted by Crippen LogP contribution is -2.38. The standard InChI is InChI=1S/C16H24BrNO2/c1-19-10-4-2-3-8-18-9-11-20-16(13-18)14-6-5-7-15(17)12-14/h5-7,12,16H,2-4,8-11,13H2,1H3. The van der Waals surface area contributed by atoms with Gasteiger partial charge in [-0.25, -0.2) is 0 Å². The summed E-state index contributed by atoms with van der Waals surface area (Å²) in [4.78, 5) is 2.52. The summed E-state index contributed by atoms with van der Waals surface area (Å²) in [5, 5.41) is 0. The predicted molar refractivity (Wildman–Crippen MR) is 85.0 cm³/mol. The molecule has 20 heavy (non-hydrogen) atoms. The van der Waals surface area contributed by atoms with Crippen molar-refractivity contribution >= 4 is 15.9 Å². The molecule has 0 amide bonds. The van der Waals surface area contributed by atoms with Gasteiger partial charge in [-0.05, 0) is 43.5 Å². The summed E-state index contributed by atoms with van der Waals surface area (Å²) in [7, 11) is 1.77. The molecule has 1 heterocycles. The molecule has 0 bridgehead atoms. The maximum absolute atomic E-state index is 5.91. The van der Waals surface area contributed by atoms with Crippen molar-refractivity contribution < 1.29 is 9.47 Å². The minimum absolute atomic E-state index is 0.209. The smallest absolute Gasteiger partial charge is 0.0952 e. The largest absolute Gasteiger partial charge is 0.385 e. The SMILES string of the molecule is COCCCCCN1CCOC(c2cccc(Br)c2)C1. The first kappa shape index (κ1) is 16.0. The highest BCUT2D eigenvalue weighted by Gasteiger charge is 2.21. The van der Waals surface area contributed by atoms with E-state index in [2.05, 4.69) is 45.1 Å². The molecule has 1 atom stereocenters. The van der Waals surface area contributed by atoms with Crippen LogP contribution in [0.3, 0.4) is 0 Å². The van der Waals surface area contributed by atoms with E-state index in [1.807, 2.05) is 0 Å². The highest BCUT2D eigenvalue weighted by Crippen LogP contribution is 2.24. The van der Waals surface area contributed by atoms with Crippen LogP contribution in [0, 0.1) is 0 Å². The normalized spacial score (nSPS) is 20.2. The fourth-order valence-electron chi connectivity index (χ4n) is 2.57. The Bertz CT molecular complexity index is 400. The number of unbranched alkanes of at least 4 members (excludes halogenated alkanes) is 2.